The quantitative estimate of drug-likeness (QED) is 0.418. The fraction of sp³-hybridized carbons (Fsp3) is 0.636. The van der Waals surface area contributed by atoms with Gasteiger partial charge in [-0.05, 0) is 67.6 Å². The van der Waals surface area contributed by atoms with E-state index in [9.17, 15) is 19.8 Å². The van der Waals surface area contributed by atoms with Crippen LogP contribution in [0.4, 0.5) is 4.39 Å². The third-order valence-electron chi connectivity index (χ3n) is 8.13. The fourth-order valence-electron chi connectivity index (χ4n) is 6.97. The third-order valence-corrected chi connectivity index (χ3v) is 8.13. The van der Waals surface area contributed by atoms with Crippen LogP contribution in [0.2, 0.25) is 0 Å². The minimum Gasteiger partial charge on any atom is -0.505 e. The summed E-state index contributed by atoms with van der Waals surface area (Å²) in [5.41, 5.74) is -2.06. The first-order chi connectivity index (χ1) is 12.6. The van der Waals surface area contributed by atoms with E-state index in [-0.39, 0.29) is 29.8 Å². The number of aliphatic hydroxyl groups is 2. The maximum absolute atomic E-state index is 16.8. The lowest BCUT2D eigenvalue weighted by Gasteiger charge is -2.61. The molecule has 0 aromatic carbocycles. The standard InChI is InChI=1S/C22H27FO4/c1-12-8-16-15-5-4-13-9-14(25)6-7-21(13,3)22(15,23)18(27)10-20(16,2)19(12)17(26)11-24/h6-7,9,11-12,15-16,18,26-27H,4-5,8,10H2,1-3H3/b19-17-/t12-,15?,16?,18-,20-,21-,22-/m0/s1. The van der Waals surface area contributed by atoms with Gasteiger partial charge < -0.3 is 10.2 Å². The molecule has 4 aliphatic carbocycles. The molecule has 0 amide bonds. The summed E-state index contributed by atoms with van der Waals surface area (Å²) in [5, 5.41) is 21.3. The molecular formula is C22H27FO4. The number of aldehydes is 1. The van der Waals surface area contributed by atoms with E-state index in [0.717, 1.165) is 5.57 Å². The molecule has 4 aliphatic rings. The van der Waals surface area contributed by atoms with Crippen LogP contribution in [0.15, 0.2) is 35.1 Å². The molecule has 4 nitrogen and oxygen atoms in total. The summed E-state index contributed by atoms with van der Waals surface area (Å²) in [4.78, 5) is 23.1. The van der Waals surface area contributed by atoms with E-state index in [1.165, 1.54) is 12.2 Å². The first-order valence-corrected chi connectivity index (χ1v) is 9.79. The molecule has 146 valence electrons. The Balaban J connectivity index is 1.85. The molecule has 3 saturated carbocycles. The molecule has 0 bridgehead atoms. The zero-order chi connectivity index (χ0) is 19.8. The van der Waals surface area contributed by atoms with Crippen LogP contribution in [0.25, 0.3) is 0 Å². The minimum atomic E-state index is -1.87. The number of rotatable bonds is 1. The van der Waals surface area contributed by atoms with Crippen LogP contribution in [0.3, 0.4) is 0 Å². The van der Waals surface area contributed by atoms with Gasteiger partial charge >= 0.3 is 0 Å². The lowest BCUT2D eigenvalue weighted by atomic mass is 9.45. The van der Waals surface area contributed by atoms with Gasteiger partial charge in [-0.25, -0.2) is 4.39 Å². The van der Waals surface area contributed by atoms with Crippen molar-refractivity contribution in [1.29, 1.82) is 0 Å². The number of aliphatic hydroxyl groups excluding tert-OH is 2. The summed E-state index contributed by atoms with van der Waals surface area (Å²) in [7, 11) is 0. The predicted octanol–water partition coefficient (Wildman–Crippen LogP) is 3.61. The molecule has 0 saturated heterocycles. The highest BCUT2D eigenvalue weighted by Gasteiger charge is 2.70. The van der Waals surface area contributed by atoms with Crippen molar-refractivity contribution < 1.29 is 24.2 Å². The highest BCUT2D eigenvalue weighted by Crippen LogP contribution is 2.69. The molecule has 2 N–H and O–H groups in total. The largest absolute Gasteiger partial charge is 0.505 e. The number of hydrogen-bond donors (Lipinski definition) is 2. The van der Waals surface area contributed by atoms with Gasteiger partial charge in [0.2, 0.25) is 0 Å². The predicted molar refractivity (Wildman–Crippen MR) is 98.6 cm³/mol. The van der Waals surface area contributed by atoms with Gasteiger partial charge in [0.15, 0.2) is 23.5 Å². The number of fused-ring (bicyclic) bond motifs is 5. The van der Waals surface area contributed by atoms with Crippen molar-refractivity contribution in [2.45, 2.75) is 58.2 Å². The Morgan fingerprint density at radius 1 is 1.33 bits per heavy atom. The normalized spacial score (nSPS) is 50.4. The molecule has 0 aromatic heterocycles. The number of ketones is 1. The molecule has 0 radical (unpaired) electrons. The molecule has 0 heterocycles. The van der Waals surface area contributed by atoms with Crippen LogP contribution in [0, 0.1) is 28.6 Å². The maximum Gasteiger partial charge on any atom is 0.184 e. The highest BCUT2D eigenvalue weighted by molar-refractivity contribution is 6.01. The van der Waals surface area contributed by atoms with Crippen LogP contribution in [0.1, 0.15) is 46.5 Å². The Labute approximate surface area is 158 Å². The molecule has 2 unspecified atom stereocenters. The Morgan fingerprint density at radius 3 is 2.70 bits per heavy atom. The third kappa shape index (κ3) is 2.12. The van der Waals surface area contributed by atoms with Gasteiger partial charge in [-0.15, -0.1) is 0 Å². The first kappa shape index (κ1) is 18.6. The summed E-state index contributed by atoms with van der Waals surface area (Å²) in [6.45, 7) is 5.70. The average Bonchev–Trinajstić information content (AvgIpc) is 2.86. The molecule has 27 heavy (non-hydrogen) atoms. The van der Waals surface area contributed by atoms with E-state index in [0.29, 0.717) is 31.1 Å². The Hall–Kier alpha value is -1.75. The molecule has 0 aliphatic heterocycles. The van der Waals surface area contributed by atoms with Gasteiger partial charge in [0.1, 0.15) is 0 Å². The Bertz CT molecular complexity index is 811. The van der Waals surface area contributed by atoms with Crippen molar-refractivity contribution in [3.8, 4) is 0 Å². The second-order valence-electron chi connectivity index (χ2n) is 9.32. The number of carbonyl (C=O) groups excluding carboxylic acids is 2. The molecule has 5 heteroatoms. The minimum absolute atomic E-state index is 0.0343. The zero-order valence-corrected chi connectivity index (χ0v) is 16.0. The highest BCUT2D eigenvalue weighted by atomic mass is 19.1. The zero-order valence-electron chi connectivity index (χ0n) is 16.0. The van der Waals surface area contributed by atoms with E-state index in [2.05, 4.69) is 0 Å². The molecule has 7 atom stereocenters. The maximum atomic E-state index is 16.8. The summed E-state index contributed by atoms with van der Waals surface area (Å²) in [6, 6.07) is 0. The molecule has 0 aromatic rings. The first-order valence-electron chi connectivity index (χ1n) is 9.79. The molecule has 4 rings (SSSR count). The van der Waals surface area contributed by atoms with E-state index in [1.54, 1.807) is 13.0 Å². The van der Waals surface area contributed by atoms with Crippen LogP contribution in [0.5, 0.6) is 0 Å². The number of halogens is 1. The van der Waals surface area contributed by atoms with Crippen LogP contribution in [-0.4, -0.2) is 34.1 Å². The Kier molecular flexibility index (Phi) is 3.88. The van der Waals surface area contributed by atoms with Gasteiger partial charge in [0, 0.05) is 11.3 Å². The van der Waals surface area contributed by atoms with Gasteiger partial charge in [-0.1, -0.05) is 25.5 Å². The smallest absolute Gasteiger partial charge is 0.184 e. The van der Waals surface area contributed by atoms with Crippen LogP contribution < -0.4 is 0 Å². The van der Waals surface area contributed by atoms with Gasteiger partial charge in [-0.2, -0.15) is 0 Å². The van der Waals surface area contributed by atoms with Crippen molar-refractivity contribution in [3.05, 3.63) is 35.1 Å². The summed E-state index contributed by atoms with van der Waals surface area (Å²) < 4.78 is 16.8. The fourth-order valence-corrected chi connectivity index (χ4v) is 6.97. The summed E-state index contributed by atoms with van der Waals surface area (Å²) in [5.74, 6) is -0.895. The number of alkyl halides is 1. The van der Waals surface area contributed by atoms with E-state index in [1.807, 2.05) is 13.8 Å². The summed E-state index contributed by atoms with van der Waals surface area (Å²) >= 11 is 0. The van der Waals surface area contributed by atoms with Gasteiger partial charge in [0.25, 0.3) is 0 Å². The lowest BCUT2D eigenvalue weighted by Crippen LogP contribution is -2.66. The van der Waals surface area contributed by atoms with Crippen molar-refractivity contribution in [2.75, 3.05) is 0 Å². The number of allylic oxidation sites excluding steroid dienone is 6. The lowest BCUT2D eigenvalue weighted by molar-refractivity contribution is -0.184. The molecule has 3 fully saturated rings. The van der Waals surface area contributed by atoms with E-state index in [4.69, 9.17) is 0 Å². The van der Waals surface area contributed by atoms with Crippen LogP contribution >= 0.6 is 0 Å². The van der Waals surface area contributed by atoms with Crippen molar-refractivity contribution in [1.82, 2.24) is 0 Å². The van der Waals surface area contributed by atoms with Crippen LogP contribution in [-0.2, 0) is 9.59 Å². The SMILES string of the molecule is C[C@H]1CC2C3CCC4=CC(=O)C=C[C@]4(C)[C@@]3(F)[C@@H](O)C[C@]2(C)/C1=C(\O)C=O. The summed E-state index contributed by atoms with van der Waals surface area (Å²) in [6.07, 6.45) is 5.82. The Morgan fingerprint density at radius 2 is 2.04 bits per heavy atom. The number of hydrogen-bond acceptors (Lipinski definition) is 4. The monoisotopic (exact) mass is 374 g/mol. The number of carbonyl (C=O) groups is 2. The van der Waals surface area contributed by atoms with Crippen molar-refractivity contribution in [3.63, 3.8) is 0 Å². The second-order valence-corrected chi connectivity index (χ2v) is 9.32. The van der Waals surface area contributed by atoms with Crippen molar-refractivity contribution in [2.24, 2.45) is 28.6 Å². The molecular weight excluding hydrogens is 347 g/mol. The van der Waals surface area contributed by atoms with E-state index >= 15 is 4.39 Å². The molecule has 0 spiro atoms. The average molecular weight is 374 g/mol. The second kappa shape index (κ2) is 5.63. The van der Waals surface area contributed by atoms with Gasteiger partial charge in [-0.3, -0.25) is 9.59 Å². The van der Waals surface area contributed by atoms with E-state index < -0.39 is 28.5 Å². The van der Waals surface area contributed by atoms with Crippen molar-refractivity contribution >= 4 is 12.1 Å². The van der Waals surface area contributed by atoms with Gasteiger partial charge in [0.05, 0.1) is 6.10 Å². The topological polar surface area (TPSA) is 74.6 Å².